The van der Waals surface area contributed by atoms with Gasteiger partial charge in [0.2, 0.25) is 0 Å². The standard InChI is InChI=1S/C16H23F2NO/c1-11-9-16(18)14(10-15(11)17)12(2)19-7-8-20-13-5-3-4-6-13/h9-10,12-13,19H,3-8H2,1-2H3. The zero-order valence-electron chi connectivity index (χ0n) is 12.2. The molecule has 0 radical (unpaired) electrons. The number of ether oxygens (including phenoxy) is 1. The fourth-order valence-electron chi connectivity index (χ4n) is 2.66. The van der Waals surface area contributed by atoms with E-state index in [9.17, 15) is 8.78 Å². The van der Waals surface area contributed by atoms with E-state index in [0.29, 0.717) is 30.4 Å². The molecule has 0 heterocycles. The van der Waals surface area contributed by atoms with Gasteiger partial charge in [-0.25, -0.2) is 8.78 Å². The Balaban J connectivity index is 1.79. The molecular formula is C16H23F2NO. The SMILES string of the molecule is Cc1cc(F)c(C(C)NCCOC2CCCC2)cc1F. The first-order valence-electron chi connectivity index (χ1n) is 7.38. The molecule has 1 N–H and O–H groups in total. The van der Waals surface area contributed by atoms with Crippen molar-refractivity contribution in [3.8, 4) is 0 Å². The molecule has 1 aromatic rings. The van der Waals surface area contributed by atoms with Crippen LogP contribution in [0.3, 0.4) is 0 Å². The first kappa shape index (κ1) is 15.4. The van der Waals surface area contributed by atoms with Gasteiger partial charge in [-0.1, -0.05) is 12.8 Å². The normalized spacial score (nSPS) is 17.6. The highest BCUT2D eigenvalue weighted by Gasteiger charge is 2.16. The number of hydrogen-bond acceptors (Lipinski definition) is 2. The maximum atomic E-state index is 13.8. The van der Waals surface area contributed by atoms with Crippen molar-refractivity contribution in [3.63, 3.8) is 0 Å². The topological polar surface area (TPSA) is 21.3 Å². The highest BCUT2D eigenvalue weighted by Crippen LogP contribution is 2.22. The molecule has 2 nitrogen and oxygen atoms in total. The van der Waals surface area contributed by atoms with Gasteiger partial charge in [-0.05, 0) is 44.4 Å². The van der Waals surface area contributed by atoms with Crippen LogP contribution >= 0.6 is 0 Å². The molecule has 2 rings (SSSR count). The third-order valence-electron chi connectivity index (χ3n) is 3.95. The average molecular weight is 283 g/mol. The predicted molar refractivity (Wildman–Crippen MR) is 75.7 cm³/mol. The molecule has 0 aromatic heterocycles. The molecule has 1 aliphatic rings. The minimum absolute atomic E-state index is 0.225. The van der Waals surface area contributed by atoms with Crippen molar-refractivity contribution in [2.24, 2.45) is 0 Å². The van der Waals surface area contributed by atoms with E-state index < -0.39 is 0 Å². The van der Waals surface area contributed by atoms with Crippen LogP contribution in [0, 0.1) is 18.6 Å². The number of hydrogen-bond donors (Lipinski definition) is 1. The summed E-state index contributed by atoms with van der Waals surface area (Å²) in [5, 5.41) is 3.18. The highest BCUT2D eigenvalue weighted by molar-refractivity contribution is 5.27. The van der Waals surface area contributed by atoms with E-state index >= 15 is 0 Å². The van der Waals surface area contributed by atoms with Crippen LogP contribution in [0.25, 0.3) is 0 Å². The minimum atomic E-state index is -0.364. The molecular weight excluding hydrogens is 260 g/mol. The van der Waals surface area contributed by atoms with Gasteiger partial charge in [-0.2, -0.15) is 0 Å². The fraction of sp³-hybridized carbons (Fsp3) is 0.625. The van der Waals surface area contributed by atoms with Gasteiger partial charge in [0.25, 0.3) is 0 Å². The number of nitrogens with one attached hydrogen (secondary N) is 1. The van der Waals surface area contributed by atoms with Crippen LogP contribution in [0.5, 0.6) is 0 Å². The monoisotopic (exact) mass is 283 g/mol. The number of aryl methyl sites for hydroxylation is 1. The van der Waals surface area contributed by atoms with Crippen LogP contribution in [0.4, 0.5) is 8.78 Å². The van der Waals surface area contributed by atoms with Crippen molar-refractivity contribution >= 4 is 0 Å². The Labute approximate surface area is 119 Å². The summed E-state index contributed by atoms with van der Waals surface area (Å²) >= 11 is 0. The molecule has 0 spiro atoms. The molecule has 1 saturated carbocycles. The Morgan fingerprint density at radius 1 is 1.25 bits per heavy atom. The van der Waals surface area contributed by atoms with E-state index in [1.807, 2.05) is 6.92 Å². The molecule has 1 fully saturated rings. The van der Waals surface area contributed by atoms with Gasteiger partial charge in [-0.3, -0.25) is 0 Å². The molecule has 1 aromatic carbocycles. The van der Waals surface area contributed by atoms with E-state index in [1.54, 1.807) is 6.92 Å². The zero-order valence-corrected chi connectivity index (χ0v) is 12.2. The molecule has 0 bridgehead atoms. The van der Waals surface area contributed by atoms with Crippen molar-refractivity contribution in [1.29, 1.82) is 0 Å². The van der Waals surface area contributed by atoms with Crippen LogP contribution in [0.2, 0.25) is 0 Å². The summed E-state index contributed by atoms with van der Waals surface area (Å²) in [6, 6.07) is 2.30. The molecule has 0 aliphatic heterocycles. The quantitative estimate of drug-likeness (QED) is 0.800. The number of halogens is 2. The van der Waals surface area contributed by atoms with Crippen LogP contribution in [-0.2, 0) is 4.74 Å². The number of benzene rings is 1. The van der Waals surface area contributed by atoms with Gasteiger partial charge in [0, 0.05) is 18.2 Å². The van der Waals surface area contributed by atoms with Crippen molar-refractivity contribution in [1.82, 2.24) is 5.32 Å². The van der Waals surface area contributed by atoms with E-state index in [-0.39, 0.29) is 17.7 Å². The first-order valence-corrected chi connectivity index (χ1v) is 7.38. The molecule has 4 heteroatoms. The van der Waals surface area contributed by atoms with Gasteiger partial charge < -0.3 is 10.1 Å². The van der Waals surface area contributed by atoms with Crippen molar-refractivity contribution in [3.05, 3.63) is 34.9 Å². The molecule has 0 amide bonds. The van der Waals surface area contributed by atoms with Crippen molar-refractivity contribution in [2.45, 2.75) is 51.7 Å². The first-order chi connectivity index (χ1) is 9.58. The van der Waals surface area contributed by atoms with E-state index in [1.165, 1.54) is 25.0 Å². The van der Waals surface area contributed by atoms with Crippen molar-refractivity contribution < 1.29 is 13.5 Å². The van der Waals surface area contributed by atoms with Crippen LogP contribution in [0.15, 0.2) is 12.1 Å². The maximum absolute atomic E-state index is 13.8. The summed E-state index contributed by atoms with van der Waals surface area (Å²) in [6.45, 7) is 4.66. The lowest BCUT2D eigenvalue weighted by Gasteiger charge is -2.17. The predicted octanol–water partition coefficient (Wildman–Crippen LogP) is 3.88. The Kier molecular flexibility index (Phi) is 5.49. The molecule has 1 atom stereocenters. The second-order valence-corrected chi connectivity index (χ2v) is 5.58. The second kappa shape index (κ2) is 7.14. The summed E-state index contributed by atoms with van der Waals surface area (Å²) in [5.74, 6) is -0.724. The lowest BCUT2D eigenvalue weighted by atomic mass is 10.1. The van der Waals surface area contributed by atoms with Crippen LogP contribution in [-0.4, -0.2) is 19.3 Å². The van der Waals surface area contributed by atoms with Gasteiger partial charge >= 0.3 is 0 Å². The van der Waals surface area contributed by atoms with Crippen LogP contribution in [0.1, 0.15) is 49.8 Å². The lowest BCUT2D eigenvalue weighted by Crippen LogP contribution is -2.25. The fourth-order valence-corrected chi connectivity index (χ4v) is 2.66. The van der Waals surface area contributed by atoms with Gasteiger partial charge in [0.1, 0.15) is 11.6 Å². The molecule has 1 aliphatic carbocycles. The summed E-state index contributed by atoms with van der Waals surface area (Å²) in [4.78, 5) is 0. The summed E-state index contributed by atoms with van der Waals surface area (Å²) < 4.78 is 33.0. The summed E-state index contributed by atoms with van der Waals surface area (Å²) in [6.07, 6.45) is 5.19. The van der Waals surface area contributed by atoms with Gasteiger partial charge in [0.05, 0.1) is 12.7 Å². The third kappa shape index (κ3) is 4.00. The zero-order chi connectivity index (χ0) is 14.5. The summed E-state index contributed by atoms with van der Waals surface area (Å²) in [7, 11) is 0. The average Bonchev–Trinajstić information content (AvgIpc) is 2.92. The Morgan fingerprint density at radius 2 is 1.95 bits per heavy atom. The maximum Gasteiger partial charge on any atom is 0.128 e. The Bertz CT molecular complexity index is 444. The summed E-state index contributed by atoms with van der Waals surface area (Å²) in [5.41, 5.74) is 0.706. The smallest absolute Gasteiger partial charge is 0.128 e. The molecule has 112 valence electrons. The van der Waals surface area contributed by atoms with Crippen LogP contribution < -0.4 is 5.32 Å². The van der Waals surface area contributed by atoms with E-state index in [0.717, 1.165) is 12.8 Å². The Hall–Kier alpha value is -1.00. The molecule has 20 heavy (non-hydrogen) atoms. The van der Waals surface area contributed by atoms with Gasteiger partial charge in [0.15, 0.2) is 0 Å². The highest BCUT2D eigenvalue weighted by atomic mass is 19.1. The van der Waals surface area contributed by atoms with E-state index in [4.69, 9.17) is 4.74 Å². The minimum Gasteiger partial charge on any atom is -0.377 e. The Morgan fingerprint density at radius 3 is 2.65 bits per heavy atom. The van der Waals surface area contributed by atoms with Crippen molar-refractivity contribution in [2.75, 3.05) is 13.2 Å². The largest absolute Gasteiger partial charge is 0.377 e. The molecule has 1 unspecified atom stereocenters. The second-order valence-electron chi connectivity index (χ2n) is 5.58. The molecule has 0 saturated heterocycles. The number of rotatable bonds is 6. The van der Waals surface area contributed by atoms with E-state index in [2.05, 4.69) is 5.32 Å². The third-order valence-corrected chi connectivity index (χ3v) is 3.95. The van der Waals surface area contributed by atoms with Gasteiger partial charge in [-0.15, -0.1) is 0 Å². The lowest BCUT2D eigenvalue weighted by molar-refractivity contribution is 0.0593.